The molecule has 0 aliphatic heterocycles. The highest BCUT2D eigenvalue weighted by Crippen LogP contribution is 2.19. The van der Waals surface area contributed by atoms with E-state index in [2.05, 4.69) is 34.6 Å². The van der Waals surface area contributed by atoms with Crippen molar-refractivity contribution in [3.63, 3.8) is 0 Å². The van der Waals surface area contributed by atoms with Crippen LogP contribution in [0.2, 0.25) is 0 Å². The van der Waals surface area contributed by atoms with Crippen molar-refractivity contribution in [1.82, 2.24) is 0 Å². The van der Waals surface area contributed by atoms with Crippen LogP contribution < -0.4 is 0 Å². The van der Waals surface area contributed by atoms with Gasteiger partial charge < -0.3 is 14.2 Å². The minimum Gasteiger partial charge on any atom is -0.462 e. The molecular formula is C64H124O6. The summed E-state index contributed by atoms with van der Waals surface area (Å²) in [6.07, 6.45) is 62.4. The van der Waals surface area contributed by atoms with Crippen molar-refractivity contribution in [2.24, 2.45) is 11.8 Å². The van der Waals surface area contributed by atoms with Crippen molar-refractivity contribution in [1.29, 1.82) is 0 Å². The highest BCUT2D eigenvalue weighted by Gasteiger charge is 2.19. The molecule has 0 heterocycles. The molecule has 0 radical (unpaired) electrons. The molecule has 0 aliphatic rings. The second-order valence-electron chi connectivity index (χ2n) is 23.0. The zero-order valence-corrected chi connectivity index (χ0v) is 48.2. The van der Waals surface area contributed by atoms with Crippen LogP contribution >= 0.6 is 0 Å². The smallest absolute Gasteiger partial charge is 0.306 e. The summed E-state index contributed by atoms with van der Waals surface area (Å²) in [5.74, 6) is 0.872. The topological polar surface area (TPSA) is 78.9 Å². The monoisotopic (exact) mass is 989 g/mol. The van der Waals surface area contributed by atoms with E-state index in [4.69, 9.17) is 14.2 Å². The molecule has 0 aromatic carbocycles. The summed E-state index contributed by atoms with van der Waals surface area (Å²) in [5.41, 5.74) is 0. The number of ether oxygens (including phenoxy) is 3. The first-order valence-corrected chi connectivity index (χ1v) is 31.7. The predicted molar refractivity (Wildman–Crippen MR) is 303 cm³/mol. The molecule has 0 aromatic rings. The molecule has 70 heavy (non-hydrogen) atoms. The Bertz CT molecular complexity index is 1070. The normalized spacial score (nSPS) is 12.0. The van der Waals surface area contributed by atoms with E-state index in [9.17, 15) is 14.4 Å². The van der Waals surface area contributed by atoms with E-state index in [1.165, 1.54) is 250 Å². The lowest BCUT2D eigenvalue weighted by Gasteiger charge is -2.18. The van der Waals surface area contributed by atoms with Crippen LogP contribution in [-0.2, 0) is 28.6 Å². The summed E-state index contributed by atoms with van der Waals surface area (Å²) < 4.78 is 16.9. The van der Waals surface area contributed by atoms with Crippen molar-refractivity contribution < 1.29 is 28.6 Å². The molecule has 6 nitrogen and oxygen atoms in total. The summed E-state index contributed by atoms with van der Waals surface area (Å²) in [5, 5.41) is 0. The van der Waals surface area contributed by atoms with Crippen LogP contribution in [-0.4, -0.2) is 37.2 Å². The van der Waals surface area contributed by atoms with Gasteiger partial charge in [-0.3, -0.25) is 14.4 Å². The SMILES string of the molecule is CCCCCCCCCCCCCCCCC(=O)O[C@@H](COC(=O)CCCCCCCCCCCCCCCCCCCCC(C)C)COC(=O)CCCCCCCCCCCCCCCCC(C)C. The minimum atomic E-state index is -0.763. The van der Waals surface area contributed by atoms with Gasteiger partial charge in [0.2, 0.25) is 0 Å². The minimum absolute atomic E-state index is 0.0618. The second-order valence-corrected chi connectivity index (χ2v) is 23.0. The fourth-order valence-corrected chi connectivity index (χ4v) is 9.93. The third-order valence-electron chi connectivity index (χ3n) is 14.7. The Balaban J connectivity index is 4.25. The Kier molecular flexibility index (Phi) is 55.4. The van der Waals surface area contributed by atoms with Gasteiger partial charge >= 0.3 is 17.9 Å². The molecule has 0 unspecified atom stereocenters. The largest absolute Gasteiger partial charge is 0.462 e. The fourth-order valence-electron chi connectivity index (χ4n) is 9.93. The van der Waals surface area contributed by atoms with Crippen molar-refractivity contribution in [2.75, 3.05) is 13.2 Å². The van der Waals surface area contributed by atoms with E-state index >= 15 is 0 Å². The first-order valence-electron chi connectivity index (χ1n) is 31.7. The quantitative estimate of drug-likeness (QED) is 0.0343. The molecule has 416 valence electrons. The highest BCUT2D eigenvalue weighted by molar-refractivity contribution is 5.71. The Labute approximate surface area is 438 Å². The molecule has 0 spiro atoms. The van der Waals surface area contributed by atoms with Crippen LogP contribution in [0.25, 0.3) is 0 Å². The lowest BCUT2D eigenvalue weighted by molar-refractivity contribution is -0.167. The molecule has 0 aliphatic carbocycles. The molecule has 1 atom stereocenters. The van der Waals surface area contributed by atoms with Gasteiger partial charge in [0.05, 0.1) is 0 Å². The molecule has 0 rings (SSSR count). The molecular weight excluding hydrogens is 865 g/mol. The Morgan fingerprint density at radius 1 is 0.271 bits per heavy atom. The van der Waals surface area contributed by atoms with Gasteiger partial charge in [-0.15, -0.1) is 0 Å². The predicted octanol–water partition coefficient (Wildman–Crippen LogP) is 21.2. The number of hydrogen-bond acceptors (Lipinski definition) is 6. The van der Waals surface area contributed by atoms with E-state index in [1.807, 2.05) is 0 Å². The molecule has 0 N–H and O–H groups in total. The maximum Gasteiger partial charge on any atom is 0.306 e. The van der Waals surface area contributed by atoms with E-state index in [0.29, 0.717) is 19.3 Å². The Hall–Kier alpha value is -1.59. The van der Waals surface area contributed by atoms with Crippen LogP contribution in [0.4, 0.5) is 0 Å². The van der Waals surface area contributed by atoms with Gasteiger partial charge in [-0.2, -0.15) is 0 Å². The molecule has 0 fully saturated rings. The van der Waals surface area contributed by atoms with Crippen molar-refractivity contribution in [2.45, 2.75) is 368 Å². The molecule has 0 saturated carbocycles. The number of unbranched alkanes of at least 4 members (excludes halogenated alkanes) is 43. The van der Waals surface area contributed by atoms with Gasteiger partial charge in [-0.25, -0.2) is 0 Å². The second kappa shape index (κ2) is 56.7. The Morgan fingerprint density at radius 2 is 0.471 bits per heavy atom. The van der Waals surface area contributed by atoms with Gasteiger partial charge in [-0.05, 0) is 31.1 Å². The maximum atomic E-state index is 12.9. The van der Waals surface area contributed by atoms with Gasteiger partial charge in [0.25, 0.3) is 0 Å². The number of hydrogen-bond donors (Lipinski definition) is 0. The van der Waals surface area contributed by atoms with Crippen LogP contribution in [0.1, 0.15) is 362 Å². The first-order chi connectivity index (χ1) is 34.2. The first kappa shape index (κ1) is 68.4. The van der Waals surface area contributed by atoms with Gasteiger partial charge in [-0.1, -0.05) is 324 Å². The number of rotatable bonds is 58. The van der Waals surface area contributed by atoms with Crippen molar-refractivity contribution >= 4 is 17.9 Å². The van der Waals surface area contributed by atoms with E-state index in [-0.39, 0.29) is 31.1 Å². The molecule has 0 saturated heterocycles. The third-order valence-corrected chi connectivity index (χ3v) is 14.7. The fraction of sp³-hybridized carbons (Fsp3) is 0.953. The number of carbonyl (C=O) groups is 3. The summed E-state index contributed by atoms with van der Waals surface area (Å²) in [7, 11) is 0. The van der Waals surface area contributed by atoms with Crippen molar-refractivity contribution in [3.8, 4) is 0 Å². The molecule has 6 heteroatoms. The summed E-state index contributed by atoms with van der Waals surface area (Å²) in [4.78, 5) is 38.3. The Morgan fingerprint density at radius 3 is 0.700 bits per heavy atom. The summed E-state index contributed by atoms with van der Waals surface area (Å²) in [6.45, 7) is 11.5. The zero-order valence-electron chi connectivity index (χ0n) is 48.2. The van der Waals surface area contributed by atoms with Gasteiger partial charge in [0.15, 0.2) is 6.10 Å². The molecule has 0 amide bonds. The van der Waals surface area contributed by atoms with Crippen LogP contribution in [0.5, 0.6) is 0 Å². The van der Waals surface area contributed by atoms with Crippen LogP contribution in [0, 0.1) is 11.8 Å². The van der Waals surface area contributed by atoms with Gasteiger partial charge in [0, 0.05) is 19.3 Å². The lowest BCUT2D eigenvalue weighted by Crippen LogP contribution is -2.30. The van der Waals surface area contributed by atoms with E-state index in [1.54, 1.807) is 0 Å². The number of carbonyl (C=O) groups excluding carboxylic acids is 3. The molecule has 0 bridgehead atoms. The summed E-state index contributed by atoms with van der Waals surface area (Å²) in [6, 6.07) is 0. The zero-order chi connectivity index (χ0) is 51.1. The van der Waals surface area contributed by atoms with Gasteiger partial charge in [0.1, 0.15) is 13.2 Å². The van der Waals surface area contributed by atoms with Crippen LogP contribution in [0.3, 0.4) is 0 Å². The average molecular weight is 990 g/mol. The number of esters is 3. The average Bonchev–Trinajstić information content (AvgIpc) is 3.33. The van der Waals surface area contributed by atoms with E-state index < -0.39 is 6.10 Å². The van der Waals surface area contributed by atoms with E-state index in [0.717, 1.165) is 69.6 Å². The molecule has 0 aromatic heterocycles. The summed E-state index contributed by atoms with van der Waals surface area (Å²) >= 11 is 0. The van der Waals surface area contributed by atoms with Crippen LogP contribution in [0.15, 0.2) is 0 Å². The highest BCUT2D eigenvalue weighted by atomic mass is 16.6. The lowest BCUT2D eigenvalue weighted by atomic mass is 10.0. The maximum absolute atomic E-state index is 12.9. The van der Waals surface area contributed by atoms with Crippen molar-refractivity contribution in [3.05, 3.63) is 0 Å². The third kappa shape index (κ3) is 57.3. The standard InChI is InChI=1S/C64H124O6/c1-6-7-8-9-10-11-12-13-24-31-36-41-46-51-56-64(67)70-61(58-69-63(66)55-50-45-40-35-30-26-21-20-23-28-33-38-43-48-53-60(4)5)57-68-62(65)54-49-44-39-34-29-25-19-17-15-14-16-18-22-27-32-37-42-47-52-59(2)3/h59-61H,6-58H2,1-5H3/t61-/m0/s1.